The van der Waals surface area contributed by atoms with Crippen molar-refractivity contribution in [3.63, 3.8) is 0 Å². The normalized spacial score (nSPS) is 27.1. The SMILES string of the molecule is CCCC1CCCCN1CC(N)(C(=O)OCC)C1CC1. The van der Waals surface area contributed by atoms with Crippen LogP contribution in [0, 0.1) is 5.92 Å². The minimum absolute atomic E-state index is 0.191. The summed E-state index contributed by atoms with van der Waals surface area (Å²) in [6.07, 6.45) is 8.33. The molecule has 0 aromatic heterocycles. The highest BCUT2D eigenvalue weighted by Crippen LogP contribution is 2.40. The Morgan fingerprint density at radius 3 is 2.65 bits per heavy atom. The van der Waals surface area contributed by atoms with E-state index in [9.17, 15) is 4.79 Å². The van der Waals surface area contributed by atoms with Crippen LogP contribution in [0.2, 0.25) is 0 Å². The summed E-state index contributed by atoms with van der Waals surface area (Å²) in [5, 5.41) is 0. The van der Waals surface area contributed by atoms with Gasteiger partial charge in [0.05, 0.1) is 6.61 Å². The fourth-order valence-electron chi connectivity index (χ4n) is 3.49. The van der Waals surface area contributed by atoms with Crippen molar-refractivity contribution in [3.8, 4) is 0 Å². The Hall–Kier alpha value is -0.610. The van der Waals surface area contributed by atoms with Gasteiger partial charge in [-0.1, -0.05) is 19.8 Å². The number of hydrogen-bond donors (Lipinski definition) is 1. The first-order valence-corrected chi connectivity index (χ1v) is 8.32. The highest BCUT2D eigenvalue weighted by Gasteiger charge is 2.50. The second-order valence-corrected chi connectivity index (χ2v) is 6.44. The van der Waals surface area contributed by atoms with Gasteiger partial charge in [-0.25, -0.2) is 4.79 Å². The minimum atomic E-state index is -0.778. The molecule has 1 aliphatic heterocycles. The minimum Gasteiger partial charge on any atom is -0.465 e. The summed E-state index contributed by atoms with van der Waals surface area (Å²) in [4.78, 5) is 14.8. The first-order chi connectivity index (χ1) is 9.61. The van der Waals surface area contributed by atoms with Crippen LogP contribution in [0.5, 0.6) is 0 Å². The fraction of sp³-hybridized carbons (Fsp3) is 0.938. The van der Waals surface area contributed by atoms with Crippen molar-refractivity contribution in [1.82, 2.24) is 4.90 Å². The van der Waals surface area contributed by atoms with Crippen molar-refractivity contribution in [1.29, 1.82) is 0 Å². The van der Waals surface area contributed by atoms with Crippen molar-refractivity contribution in [2.24, 2.45) is 11.7 Å². The molecule has 0 amide bonds. The molecule has 2 rings (SSSR count). The molecule has 0 aromatic rings. The Kier molecular flexibility index (Phi) is 5.44. The van der Waals surface area contributed by atoms with Gasteiger partial charge in [0.1, 0.15) is 5.54 Å². The second kappa shape index (κ2) is 6.90. The molecule has 0 radical (unpaired) electrons. The number of nitrogens with zero attached hydrogens (tertiary/aromatic N) is 1. The Bertz CT molecular complexity index is 328. The van der Waals surface area contributed by atoms with Crippen LogP contribution in [-0.4, -0.2) is 42.1 Å². The Morgan fingerprint density at radius 2 is 2.05 bits per heavy atom. The maximum Gasteiger partial charge on any atom is 0.327 e. The van der Waals surface area contributed by atoms with Gasteiger partial charge < -0.3 is 10.5 Å². The quantitative estimate of drug-likeness (QED) is 0.728. The molecule has 4 heteroatoms. The lowest BCUT2D eigenvalue weighted by atomic mass is 9.90. The molecule has 2 fully saturated rings. The van der Waals surface area contributed by atoms with Crippen molar-refractivity contribution < 1.29 is 9.53 Å². The molecule has 4 nitrogen and oxygen atoms in total. The summed E-state index contributed by atoms with van der Waals surface area (Å²) < 4.78 is 5.25. The highest BCUT2D eigenvalue weighted by molar-refractivity contribution is 5.82. The van der Waals surface area contributed by atoms with Gasteiger partial charge in [-0.3, -0.25) is 4.90 Å². The average Bonchev–Trinajstić information content (AvgIpc) is 3.26. The predicted octanol–water partition coefficient (Wildman–Crippen LogP) is 2.31. The third kappa shape index (κ3) is 3.53. The van der Waals surface area contributed by atoms with E-state index in [2.05, 4.69) is 11.8 Å². The molecule has 0 spiro atoms. The van der Waals surface area contributed by atoms with Gasteiger partial charge in [-0.05, 0) is 51.5 Å². The zero-order valence-electron chi connectivity index (χ0n) is 13.1. The number of carbonyl (C=O) groups is 1. The first kappa shape index (κ1) is 15.8. The summed E-state index contributed by atoms with van der Waals surface area (Å²) in [6.45, 7) is 6.26. The van der Waals surface area contributed by atoms with Crippen LogP contribution >= 0.6 is 0 Å². The monoisotopic (exact) mass is 282 g/mol. The number of esters is 1. The molecule has 20 heavy (non-hydrogen) atoms. The molecular weight excluding hydrogens is 252 g/mol. The van der Waals surface area contributed by atoms with E-state index in [1.807, 2.05) is 6.92 Å². The number of ether oxygens (including phenoxy) is 1. The summed E-state index contributed by atoms with van der Waals surface area (Å²) in [5.74, 6) is 0.133. The van der Waals surface area contributed by atoms with E-state index in [4.69, 9.17) is 10.5 Å². The molecule has 0 bridgehead atoms. The van der Waals surface area contributed by atoms with Gasteiger partial charge in [-0.15, -0.1) is 0 Å². The van der Waals surface area contributed by atoms with Gasteiger partial charge in [-0.2, -0.15) is 0 Å². The predicted molar refractivity (Wildman–Crippen MR) is 80.4 cm³/mol. The molecule has 1 heterocycles. The molecule has 2 aliphatic rings. The third-order valence-corrected chi connectivity index (χ3v) is 4.80. The molecule has 2 unspecified atom stereocenters. The summed E-state index contributed by atoms with van der Waals surface area (Å²) in [7, 11) is 0. The van der Waals surface area contributed by atoms with Crippen molar-refractivity contribution in [3.05, 3.63) is 0 Å². The molecule has 2 atom stereocenters. The summed E-state index contributed by atoms with van der Waals surface area (Å²) in [6, 6.07) is 0.602. The molecule has 2 N–H and O–H groups in total. The van der Waals surface area contributed by atoms with E-state index in [0.717, 1.165) is 19.4 Å². The first-order valence-electron chi connectivity index (χ1n) is 8.32. The van der Waals surface area contributed by atoms with Crippen LogP contribution in [0.4, 0.5) is 0 Å². The van der Waals surface area contributed by atoms with Crippen molar-refractivity contribution >= 4 is 5.97 Å². The maximum absolute atomic E-state index is 12.3. The topological polar surface area (TPSA) is 55.6 Å². The Morgan fingerprint density at radius 1 is 1.30 bits per heavy atom. The van der Waals surface area contributed by atoms with E-state index < -0.39 is 5.54 Å². The summed E-state index contributed by atoms with van der Waals surface area (Å²) >= 11 is 0. The third-order valence-electron chi connectivity index (χ3n) is 4.80. The van der Waals surface area contributed by atoms with Gasteiger partial charge >= 0.3 is 5.97 Å². The lowest BCUT2D eigenvalue weighted by molar-refractivity contribution is -0.152. The van der Waals surface area contributed by atoms with Gasteiger partial charge in [0.15, 0.2) is 0 Å². The van der Waals surface area contributed by atoms with E-state index in [0.29, 0.717) is 25.1 Å². The average molecular weight is 282 g/mol. The lowest BCUT2D eigenvalue weighted by Crippen LogP contribution is -2.60. The maximum atomic E-state index is 12.3. The van der Waals surface area contributed by atoms with E-state index in [1.54, 1.807) is 0 Å². The zero-order valence-corrected chi connectivity index (χ0v) is 13.1. The molecule has 1 saturated heterocycles. The van der Waals surface area contributed by atoms with Crippen LogP contribution in [0.25, 0.3) is 0 Å². The number of likely N-dealkylation sites (tertiary alicyclic amines) is 1. The van der Waals surface area contributed by atoms with Gasteiger partial charge in [0, 0.05) is 12.6 Å². The number of piperidine rings is 1. The van der Waals surface area contributed by atoms with Crippen LogP contribution in [0.1, 0.15) is 58.8 Å². The molecular formula is C16H30N2O2. The molecule has 1 saturated carbocycles. The van der Waals surface area contributed by atoms with Crippen molar-refractivity contribution in [2.45, 2.75) is 70.4 Å². The molecule has 0 aromatic carbocycles. The Balaban J connectivity index is 2.04. The van der Waals surface area contributed by atoms with Crippen LogP contribution in [-0.2, 0) is 9.53 Å². The number of rotatable bonds is 7. The number of hydrogen-bond acceptors (Lipinski definition) is 4. The number of carbonyl (C=O) groups excluding carboxylic acids is 1. The van der Waals surface area contributed by atoms with E-state index >= 15 is 0 Å². The number of nitrogens with two attached hydrogens (primary N) is 1. The van der Waals surface area contributed by atoms with Crippen LogP contribution in [0.3, 0.4) is 0 Å². The highest BCUT2D eigenvalue weighted by atomic mass is 16.5. The fourth-order valence-corrected chi connectivity index (χ4v) is 3.49. The molecule has 1 aliphatic carbocycles. The standard InChI is InChI=1S/C16H30N2O2/c1-3-7-14-8-5-6-11-18(14)12-16(17,13-9-10-13)15(19)20-4-2/h13-14H,3-12,17H2,1-2H3. The van der Waals surface area contributed by atoms with Crippen LogP contribution < -0.4 is 5.73 Å². The van der Waals surface area contributed by atoms with Crippen LogP contribution in [0.15, 0.2) is 0 Å². The van der Waals surface area contributed by atoms with Crippen molar-refractivity contribution in [2.75, 3.05) is 19.7 Å². The van der Waals surface area contributed by atoms with E-state index in [-0.39, 0.29) is 5.97 Å². The van der Waals surface area contributed by atoms with Gasteiger partial charge in [0.2, 0.25) is 0 Å². The second-order valence-electron chi connectivity index (χ2n) is 6.44. The van der Waals surface area contributed by atoms with Gasteiger partial charge in [0.25, 0.3) is 0 Å². The lowest BCUT2D eigenvalue weighted by Gasteiger charge is -2.41. The summed E-state index contributed by atoms with van der Waals surface area (Å²) in [5.41, 5.74) is 5.73. The zero-order chi connectivity index (χ0) is 14.6. The van der Waals surface area contributed by atoms with E-state index in [1.165, 1.54) is 32.1 Å². The molecule has 116 valence electrons. The Labute approximate surface area is 123 Å². The smallest absolute Gasteiger partial charge is 0.327 e. The largest absolute Gasteiger partial charge is 0.465 e.